The second-order valence-corrected chi connectivity index (χ2v) is 7.82. The molecule has 1 saturated heterocycles. The van der Waals surface area contributed by atoms with Crippen LogP contribution < -0.4 is 0 Å². The van der Waals surface area contributed by atoms with Gasteiger partial charge in [-0.1, -0.05) is 60.2 Å². The number of aliphatic hydroxyl groups excluding tert-OH is 1. The SMILES string of the molecule is Cc1ccc(C)c(C(O)=C2C(=O)C(=O)N(Cc3ccccc3)C2c2ccc(O)cc2)c1. The van der Waals surface area contributed by atoms with Crippen LogP contribution in [-0.4, -0.2) is 26.8 Å². The molecule has 156 valence electrons. The van der Waals surface area contributed by atoms with E-state index in [0.29, 0.717) is 11.1 Å². The van der Waals surface area contributed by atoms with Crippen LogP contribution in [-0.2, 0) is 16.1 Å². The van der Waals surface area contributed by atoms with E-state index in [4.69, 9.17) is 0 Å². The number of phenols is 1. The zero-order chi connectivity index (χ0) is 22.1. The van der Waals surface area contributed by atoms with Crippen molar-refractivity contribution >= 4 is 17.4 Å². The lowest BCUT2D eigenvalue weighted by atomic mass is 9.93. The molecular formula is C26H23NO4. The van der Waals surface area contributed by atoms with E-state index in [0.717, 1.165) is 16.7 Å². The number of carbonyl (C=O) groups is 2. The van der Waals surface area contributed by atoms with Crippen molar-refractivity contribution in [1.29, 1.82) is 0 Å². The minimum atomic E-state index is -0.763. The predicted molar refractivity (Wildman–Crippen MR) is 118 cm³/mol. The molecular weight excluding hydrogens is 390 g/mol. The molecule has 0 saturated carbocycles. The number of carbonyl (C=O) groups excluding carboxylic acids is 2. The molecule has 0 aliphatic carbocycles. The molecule has 5 heteroatoms. The molecule has 1 fully saturated rings. The summed E-state index contributed by atoms with van der Waals surface area (Å²) in [6, 6.07) is 20.6. The molecule has 2 N–H and O–H groups in total. The average molecular weight is 413 g/mol. The Kier molecular flexibility index (Phi) is 5.34. The Bertz CT molecular complexity index is 1180. The number of likely N-dealkylation sites (tertiary alicyclic amines) is 1. The number of nitrogens with zero attached hydrogens (tertiary/aromatic N) is 1. The standard InChI is InChI=1S/C26H23NO4/c1-16-8-9-17(2)21(14-16)24(29)22-23(19-10-12-20(28)13-11-19)27(26(31)25(22)30)15-18-6-4-3-5-7-18/h3-14,23,28-29H,15H2,1-2H3. The first-order valence-corrected chi connectivity index (χ1v) is 10.1. The van der Waals surface area contributed by atoms with Crippen molar-refractivity contribution in [3.63, 3.8) is 0 Å². The number of benzene rings is 3. The summed E-state index contributed by atoms with van der Waals surface area (Å²) in [5, 5.41) is 20.9. The van der Waals surface area contributed by atoms with Gasteiger partial charge in [0.1, 0.15) is 11.5 Å². The number of phenolic OH excluding ortho intramolecular Hbond substituents is 1. The van der Waals surface area contributed by atoms with Gasteiger partial charge in [-0.2, -0.15) is 0 Å². The third-order valence-corrected chi connectivity index (χ3v) is 5.59. The number of aromatic hydroxyl groups is 1. The summed E-state index contributed by atoms with van der Waals surface area (Å²) in [5.41, 5.74) is 3.84. The first-order valence-electron chi connectivity index (χ1n) is 10.1. The maximum Gasteiger partial charge on any atom is 0.295 e. The fourth-order valence-corrected chi connectivity index (χ4v) is 3.96. The highest BCUT2D eigenvalue weighted by molar-refractivity contribution is 6.46. The monoisotopic (exact) mass is 413 g/mol. The largest absolute Gasteiger partial charge is 0.508 e. The van der Waals surface area contributed by atoms with Crippen molar-refractivity contribution in [2.45, 2.75) is 26.4 Å². The minimum absolute atomic E-state index is 0.0559. The van der Waals surface area contributed by atoms with Crippen molar-refractivity contribution in [2.75, 3.05) is 0 Å². The summed E-state index contributed by atoms with van der Waals surface area (Å²) >= 11 is 0. The highest BCUT2D eigenvalue weighted by Crippen LogP contribution is 2.41. The molecule has 0 spiro atoms. The van der Waals surface area contributed by atoms with E-state index in [1.807, 2.05) is 62.4 Å². The molecule has 0 radical (unpaired) electrons. The van der Waals surface area contributed by atoms with E-state index < -0.39 is 17.7 Å². The van der Waals surface area contributed by atoms with Gasteiger partial charge in [0.15, 0.2) is 0 Å². The van der Waals surface area contributed by atoms with Crippen LogP contribution in [0, 0.1) is 13.8 Å². The van der Waals surface area contributed by atoms with Crippen LogP contribution in [0.2, 0.25) is 0 Å². The number of Topliss-reactive ketones (excluding diaryl/α,β-unsaturated/α-hetero) is 1. The van der Waals surface area contributed by atoms with Crippen LogP contribution in [0.5, 0.6) is 5.75 Å². The molecule has 0 bridgehead atoms. The Balaban J connectivity index is 1.90. The van der Waals surface area contributed by atoms with E-state index in [9.17, 15) is 19.8 Å². The van der Waals surface area contributed by atoms with Crippen molar-refractivity contribution in [1.82, 2.24) is 4.90 Å². The molecule has 1 unspecified atom stereocenters. The highest BCUT2D eigenvalue weighted by Gasteiger charge is 2.46. The first kappa shape index (κ1) is 20.4. The summed E-state index contributed by atoms with van der Waals surface area (Å²) in [7, 11) is 0. The lowest BCUT2D eigenvalue weighted by Crippen LogP contribution is -2.29. The van der Waals surface area contributed by atoms with Gasteiger partial charge in [-0.05, 0) is 48.7 Å². The molecule has 3 aromatic carbocycles. The van der Waals surface area contributed by atoms with Gasteiger partial charge in [-0.25, -0.2) is 0 Å². The normalized spacial score (nSPS) is 17.9. The van der Waals surface area contributed by atoms with Crippen molar-refractivity contribution < 1.29 is 19.8 Å². The maximum absolute atomic E-state index is 13.1. The van der Waals surface area contributed by atoms with E-state index in [-0.39, 0.29) is 23.6 Å². The summed E-state index contributed by atoms with van der Waals surface area (Å²) < 4.78 is 0. The van der Waals surface area contributed by atoms with Crippen LogP contribution in [0.25, 0.3) is 5.76 Å². The highest BCUT2D eigenvalue weighted by atomic mass is 16.3. The van der Waals surface area contributed by atoms with E-state index in [1.54, 1.807) is 12.1 Å². The van der Waals surface area contributed by atoms with Gasteiger partial charge >= 0.3 is 0 Å². The second-order valence-electron chi connectivity index (χ2n) is 7.82. The van der Waals surface area contributed by atoms with Crippen molar-refractivity contribution in [2.24, 2.45) is 0 Å². The fraction of sp³-hybridized carbons (Fsp3) is 0.154. The number of hydrogen-bond acceptors (Lipinski definition) is 4. The fourth-order valence-electron chi connectivity index (χ4n) is 3.96. The van der Waals surface area contributed by atoms with E-state index >= 15 is 0 Å². The molecule has 3 aromatic rings. The third-order valence-electron chi connectivity index (χ3n) is 5.59. The van der Waals surface area contributed by atoms with Gasteiger partial charge < -0.3 is 15.1 Å². The van der Waals surface area contributed by atoms with Gasteiger partial charge in [-0.15, -0.1) is 0 Å². The number of aliphatic hydroxyl groups is 1. The lowest BCUT2D eigenvalue weighted by molar-refractivity contribution is -0.140. The summed E-state index contributed by atoms with van der Waals surface area (Å²) in [6.07, 6.45) is 0. The zero-order valence-corrected chi connectivity index (χ0v) is 17.4. The maximum atomic E-state index is 13.1. The predicted octanol–water partition coefficient (Wildman–Crippen LogP) is 4.63. The molecule has 1 aliphatic heterocycles. The van der Waals surface area contributed by atoms with E-state index in [2.05, 4.69) is 0 Å². The van der Waals surface area contributed by atoms with Crippen molar-refractivity contribution in [3.8, 4) is 5.75 Å². The smallest absolute Gasteiger partial charge is 0.295 e. The Morgan fingerprint density at radius 2 is 1.61 bits per heavy atom. The van der Waals surface area contributed by atoms with Gasteiger partial charge in [0.2, 0.25) is 0 Å². The van der Waals surface area contributed by atoms with Gasteiger partial charge in [-0.3, -0.25) is 9.59 Å². The van der Waals surface area contributed by atoms with Gasteiger partial charge in [0.05, 0.1) is 11.6 Å². The Morgan fingerprint density at radius 3 is 2.29 bits per heavy atom. The molecule has 1 heterocycles. The number of amides is 1. The molecule has 31 heavy (non-hydrogen) atoms. The van der Waals surface area contributed by atoms with Crippen LogP contribution in [0.1, 0.15) is 33.9 Å². The lowest BCUT2D eigenvalue weighted by Gasteiger charge is -2.25. The molecule has 1 atom stereocenters. The summed E-state index contributed by atoms with van der Waals surface area (Å²) in [4.78, 5) is 27.6. The molecule has 1 amide bonds. The topological polar surface area (TPSA) is 77.8 Å². The minimum Gasteiger partial charge on any atom is -0.508 e. The quantitative estimate of drug-likeness (QED) is 0.371. The van der Waals surface area contributed by atoms with Crippen molar-refractivity contribution in [3.05, 3.63) is 106 Å². The Hall–Kier alpha value is -3.86. The van der Waals surface area contributed by atoms with E-state index in [1.165, 1.54) is 17.0 Å². The second kappa shape index (κ2) is 8.11. The summed E-state index contributed by atoms with van der Waals surface area (Å²) in [5.74, 6) is -1.48. The zero-order valence-electron chi connectivity index (χ0n) is 17.4. The summed E-state index contributed by atoms with van der Waals surface area (Å²) in [6.45, 7) is 3.98. The van der Waals surface area contributed by atoms with Crippen LogP contribution in [0.3, 0.4) is 0 Å². The molecule has 5 nitrogen and oxygen atoms in total. The van der Waals surface area contributed by atoms with Gasteiger partial charge in [0.25, 0.3) is 11.7 Å². The van der Waals surface area contributed by atoms with Crippen LogP contribution in [0.4, 0.5) is 0 Å². The number of aryl methyl sites for hydroxylation is 2. The average Bonchev–Trinajstić information content (AvgIpc) is 3.01. The number of rotatable bonds is 4. The Labute approximate surface area is 180 Å². The van der Waals surface area contributed by atoms with Crippen LogP contribution >= 0.6 is 0 Å². The molecule has 4 rings (SSSR count). The Morgan fingerprint density at radius 1 is 0.935 bits per heavy atom. The van der Waals surface area contributed by atoms with Crippen LogP contribution in [0.15, 0.2) is 78.4 Å². The van der Waals surface area contributed by atoms with Gasteiger partial charge in [0, 0.05) is 12.1 Å². The molecule has 0 aromatic heterocycles. The first-order chi connectivity index (χ1) is 14.9. The third kappa shape index (κ3) is 3.82. The number of ketones is 1. The number of hydrogen-bond donors (Lipinski definition) is 2. The molecule has 1 aliphatic rings.